The number of nitrogens with one attached hydrogen (secondary N) is 1. The number of hydrogen-bond acceptors (Lipinski definition) is 3. The minimum atomic E-state index is 0.910. The number of nitrogens with two attached hydrogens (primary N) is 1. The summed E-state index contributed by atoms with van der Waals surface area (Å²) < 4.78 is 2.50. The molecule has 0 aliphatic rings. The predicted octanol–water partition coefficient (Wildman–Crippen LogP) is 4.38. The van der Waals surface area contributed by atoms with Gasteiger partial charge in [0.2, 0.25) is 0 Å². The van der Waals surface area contributed by atoms with Gasteiger partial charge in [0.25, 0.3) is 0 Å². The van der Waals surface area contributed by atoms with Crippen LogP contribution >= 0.6 is 11.3 Å². The lowest BCUT2D eigenvalue weighted by Crippen LogP contribution is -1.99. The second kappa shape index (κ2) is 4.18. The normalized spacial score (nSPS) is 11.2. The van der Waals surface area contributed by atoms with Crippen molar-refractivity contribution in [3.05, 3.63) is 35.9 Å². The summed E-state index contributed by atoms with van der Waals surface area (Å²) in [6, 6.07) is 10.6. The van der Waals surface area contributed by atoms with E-state index < -0.39 is 0 Å². The largest absolute Gasteiger partial charge is 0.397 e. The number of rotatable bonds is 2. The van der Waals surface area contributed by atoms with E-state index in [9.17, 15) is 0 Å². The van der Waals surface area contributed by atoms with Crippen LogP contribution in [0.3, 0.4) is 0 Å². The first-order valence-electron chi connectivity index (χ1n) is 6.16. The third-order valence-electron chi connectivity index (χ3n) is 3.26. The van der Waals surface area contributed by atoms with Crippen molar-refractivity contribution in [1.82, 2.24) is 0 Å². The van der Waals surface area contributed by atoms with Crippen LogP contribution in [-0.4, -0.2) is 6.54 Å². The van der Waals surface area contributed by atoms with Gasteiger partial charge in [0.15, 0.2) is 0 Å². The van der Waals surface area contributed by atoms with Gasteiger partial charge in [-0.1, -0.05) is 18.2 Å². The molecule has 3 rings (SSSR count). The van der Waals surface area contributed by atoms with Crippen LogP contribution < -0.4 is 11.1 Å². The standard InChI is InChI=1S/C15H16N2S/c1-3-17-11-8-9(2)14(16)15-13(11)10-6-4-5-7-12(10)18-15/h4-8,17H,3,16H2,1-2H3. The molecule has 2 nitrogen and oxygen atoms in total. The highest BCUT2D eigenvalue weighted by Crippen LogP contribution is 2.42. The van der Waals surface area contributed by atoms with Gasteiger partial charge >= 0.3 is 0 Å². The molecule has 18 heavy (non-hydrogen) atoms. The van der Waals surface area contributed by atoms with Gasteiger partial charge in [0.1, 0.15) is 0 Å². The molecule has 3 N–H and O–H groups in total. The maximum absolute atomic E-state index is 6.23. The molecule has 2 aromatic carbocycles. The van der Waals surface area contributed by atoms with Crippen LogP contribution in [-0.2, 0) is 0 Å². The zero-order chi connectivity index (χ0) is 12.7. The number of nitrogen functional groups attached to an aromatic ring is 1. The summed E-state index contributed by atoms with van der Waals surface area (Å²) in [5.74, 6) is 0. The Morgan fingerprint density at radius 1 is 1.28 bits per heavy atom. The minimum absolute atomic E-state index is 0.910. The first-order chi connectivity index (χ1) is 8.72. The molecule has 0 bridgehead atoms. The average Bonchev–Trinajstić information content (AvgIpc) is 2.75. The molecule has 0 fully saturated rings. The fourth-order valence-electron chi connectivity index (χ4n) is 2.38. The molecule has 0 unspecified atom stereocenters. The highest BCUT2D eigenvalue weighted by atomic mass is 32.1. The Kier molecular flexibility index (Phi) is 2.63. The predicted molar refractivity (Wildman–Crippen MR) is 82.6 cm³/mol. The van der Waals surface area contributed by atoms with Crippen molar-refractivity contribution in [2.24, 2.45) is 0 Å². The van der Waals surface area contributed by atoms with E-state index in [4.69, 9.17) is 5.73 Å². The zero-order valence-electron chi connectivity index (χ0n) is 10.6. The average molecular weight is 256 g/mol. The van der Waals surface area contributed by atoms with Crippen LogP contribution in [0.1, 0.15) is 12.5 Å². The van der Waals surface area contributed by atoms with Gasteiger partial charge in [-0.25, -0.2) is 0 Å². The van der Waals surface area contributed by atoms with Gasteiger partial charge in [0, 0.05) is 27.7 Å². The molecule has 0 aliphatic heterocycles. The second-order valence-corrected chi connectivity index (χ2v) is 5.54. The van der Waals surface area contributed by atoms with E-state index in [0.717, 1.165) is 17.8 Å². The molecule has 3 heteroatoms. The molecule has 1 aromatic heterocycles. The molecule has 0 radical (unpaired) electrons. The molecule has 92 valence electrons. The lowest BCUT2D eigenvalue weighted by Gasteiger charge is -2.10. The number of fused-ring (bicyclic) bond motifs is 3. The fourth-order valence-corrected chi connectivity index (χ4v) is 3.62. The summed E-state index contributed by atoms with van der Waals surface area (Å²) in [6.07, 6.45) is 0. The topological polar surface area (TPSA) is 38.0 Å². The molecule has 0 saturated heterocycles. The molecular formula is C15H16N2S. The van der Waals surface area contributed by atoms with Crippen LogP contribution in [0.25, 0.3) is 20.2 Å². The van der Waals surface area contributed by atoms with E-state index in [2.05, 4.69) is 49.5 Å². The second-order valence-electron chi connectivity index (χ2n) is 4.49. The third kappa shape index (κ3) is 1.55. The molecular weight excluding hydrogens is 240 g/mol. The Morgan fingerprint density at radius 3 is 2.83 bits per heavy atom. The van der Waals surface area contributed by atoms with Gasteiger partial charge in [0.05, 0.1) is 10.4 Å². The summed E-state index contributed by atoms with van der Waals surface area (Å²) in [7, 11) is 0. The summed E-state index contributed by atoms with van der Waals surface area (Å²) in [5.41, 5.74) is 9.47. The van der Waals surface area contributed by atoms with Crippen molar-refractivity contribution in [1.29, 1.82) is 0 Å². The van der Waals surface area contributed by atoms with E-state index in [1.807, 2.05) is 0 Å². The van der Waals surface area contributed by atoms with Crippen molar-refractivity contribution in [2.45, 2.75) is 13.8 Å². The zero-order valence-corrected chi connectivity index (χ0v) is 11.4. The van der Waals surface area contributed by atoms with Crippen molar-refractivity contribution in [3.8, 4) is 0 Å². The van der Waals surface area contributed by atoms with Crippen LogP contribution in [0.15, 0.2) is 30.3 Å². The first kappa shape index (κ1) is 11.4. The van der Waals surface area contributed by atoms with Gasteiger partial charge in [-0.15, -0.1) is 11.3 Å². The van der Waals surface area contributed by atoms with E-state index in [-0.39, 0.29) is 0 Å². The van der Waals surface area contributed by atoms with Crippen molar-refractivity contribution in [3.63, 3.8) is 0 Å². The summed E-state index contributed by atoms with van der Waals surface area (Å²) in [5, 5.41) is 6.00. The maximum Gasteiger partial charge on any atom is 0.0608 e. The number of thiophene rings is 1. The van der Waals surface area contributed by atoms with E-state index in [1.165, 1.54) is 25.9 Å². The van der Waals surface area contributed by atoms with E-state index in [1.54, 1.807) is 11.3 Å². The number of anilines is 2. The molecule has 0 aliphatic carbocycles. The minimum Gasteiger partial charge on any atom is -0.397 e. The maximum atomic E-state index is 6.23. The van der Waals surface area contributed by atoms with Gasteiger partial charge in [-0.05, 0) is 31.5 Å². The van der Waals surface area contributed by atoms with Gasteiger partial charge in [-0.2, -0.15) is 0 Å². The lowest BCUT2D eigenvalue weighted by atomic mass is 10.1. The molecule has 0 amide bonds. The lowest BCUT2D eigenvalue weighted by molar-refractivity contribution is 1.22. The summed E-state index contributed by atoms with van der Waals surface area (Å²) in [6.45, 7) is 5.11. The van der Waals surface area contributed by atoms with Gasteiger partial charge in [-0.3, -0.25) is 0 Å². The van der Waals surface area contributed by atoms with Crippen molar-refractivity contribution >= 4 is 42.9 Å². The summed E-state index contributed by atoms with van der Waals surface area (Å²) in [4.78, 5) is 0. The SMILES string of the molecule is CCNc1cc(C)c(N)c2sc3ccccc3c12. The van der Waals surface area contributed by atoms with Gasteiger partial charge < -0.3 is 11.1 Å². The van der Waals surface area contributed by atoms with E-state index in [0.29, 0.717) is 0 Å². The Balaban J connectivity index is 2.50. The number of benzene rings is 2. The highest BCUT2D eigenvalue weighted by molar-refractivity contribution is 7.26. The molecule has 0 saturated carbocycles. The van der Waals surface area contributed by atoms with Crippen LogP contribution in [0.2, 0.25) is 0 Å². The van der Waals surface area contributed by atoms with Crippen molar-refractivity contribution < 1.29 is 0 Å². The Hall–Kier alpha value is -1.74. The smallest absolute Gasteiger partial charge is 0.0608 e. The van der Waals surface area contributed by atoms with E-state index >= 15 is 0 Å². The summed E-state index contributed by atoms with van der Waals surface area (Å²) >= 11 is 1.78. The molecule has 0 atom stereocenters. The Bertz CT molecular complexity index is 728. The Labute approximate surface area is 110 Å². The monoisotopic (exact) mass is 256 g/mol. The first-order valence-corrected chi connectivity index (χ1v) is 6.98. The number of hydrogen-bond donors (Lipinski definition) is 2. The molecule has 1 heterocycles. The highest BCUT2D eigenvalue weighted by Gasteiger charge is 2.13. The van der Waals surface area contributed by atoms with Crippen LogP contribution in [0.4, 0.5) is 11.4 Å². The van der Waals surface area contributed by atoms with Crippen LogP contribution in [0, 0.1) is 6.92 Å². The molecule has 3 aromatic rings. The number of aryl methyl sites for hydroxylation is 1. The Morgan fingerprint density at radius 2 is 2.06 bits per heavy atom. The fraction of sp³-hybridized carbons (Fsp3) is 0.200. The van der Waals surface area contributed by atoms with Crippen molar-refractivity contribution in [2.75, 3.05) is 17.6 Å². The third-order valence-corrected chi connectivity index (χ3v) is 4.47. The molecule has 0 spiro atoms. The van der Waals surface area contributed by atoms with Crippen LogP contribution in [0.5, 0.6) is 0 Å². The quantitative estimate of drug-likeness (QED) is 0.668.